The van der Waals surface area contributed by atoms with Gasteiger partial charge in [-0.25, -0.2) is 0 Å². The zero-order chi connectivity index (χ0) is 46.1. The molecule has 3 aliphatic rings. The SMILES string of the molecule is CC[C@H]1OC(=O)C[C@@H](O)[C@H](C)[C@@H](O[C@@H]2O[C@H](C)[C@@H](O)C(N(C)C)C2O)[C@@H](CCn2cc(-c3ccsc3)nn2)C[C@@H](C)C(=O)/C=C/C(C)=C/[C@@H]1CO[C@@H]1OC(C)[C@@H](O)[C@H](OC)C1OC. The number of likely N-dealkylation sites (N-methyl/N-ethyl adjacent to an activating group) is 1. The molecular formula is C45H70N4O13S. The van der Waals surface area contributed by atoms with Gasteiger partial charge in [0.15, 0.2) is 18.4 Å². The number of ketones is 1. The first-order valence-corrected chi connectivity index (χ1v) is 23.0. The third-order valence-electron chi connectivity index (χ3n) is 12.8. The molecule has 3 aliphatic heterocycles. The Balaban J connectivity index is 1.47. The van der Waals surface area contributed by atoms with Crippen molar-refractivity contribution in [2.45, 2.75) is 153 Å². The first-order chi connectivity index (χ1) is 30.0. The second kappa shape index (κ2) is 23.5. The van der Waals surface area contributed by atoms with E-state index in [4.69, 9.17) is 33.2 Å². The number of methoxy groups -OCH3 is 2. The molecule has 2 aromatic heterocycles. The van der Waals surface area contributed by atoms with E-state index in [2.05, 4.69) is 10.3 Å². The number of thiophene rings is 1. The minimum atomic E-state index is -1.28. The van der Waals surface area contributed by atoms with Gasteiger partial charge in [0.2, 0.25) is 0 Å². The second-order valence-electron chi connectivity index (χ2n) is 17.6. The summed E-state index contributed by atoms with van der Waals surface area (Å²) in [6.07, 6.45) is -3.24. The average molecular weight is 907 g/mol. The Morgan fingerprint density at radius 1 is 0.937 bits per heavy atom. The first-order valence-electron chi connectivity index (χ1n) is 22.0. The minimum absolute atomic E-state index is 0.0208. The summed E-state index contributed by atoms with van der Waals surface area (Å²) in [7, 11) is 6.46. The van der Waals surface area contributed by atoms with Crippen molar-refractivity contribution in [3.63, 3.8) is 0 Å². The van der Waals surface area contributed by atoms with Gasteiger partial charge in [0.25, 0.3) is 0 Å². The Hall–Kier alpha value is -2.98. The van der Waals surface area contributed by atoms with Crippen molar-refractivity contribution < 1.29 is 63.2 Å². The molecule has 17 nitrogen and oxygen atoms in total. The fourth-order valence-corrected chi connectivity index (χ4v) is 9.58. The maximum atomic E-state index is 14.0. The number of aliphatic hydroxyl groups excluding tert-OH is 4. The Kier molecular flexibility index (Phi) is 19.0. The van der Waals surface area contributed by atoms with E-state index < -0.39 is 109 Å². The molecule has 0 saturated carbocycles. The van der Waals surface area contributed by atoms with Gasteiger partial charge < -0.3 is 58.5 Å². The van der Waals surface area contributed by atoms with Crippen molar-refractivity contribution in [3.8, 4) is 11.3 Å². The number of ether oxygens (including phenoxy) is 7. The lowest BCUT2D eigenvalue weighted by Crippen LogP contribution is -2.63. The predicted molar refractivity (Wildman–Crippen MR) is 233 cm³/mol. The largest absolute Gasteiger partial charge is 0.462 e. The highest BCUT2D eigenvalue weighted by atomic mass is 32.1. The molecule has 18 heteroatoms. The van der Waals surface area contributed by atoms with E-state index in [1.54, 1.807) is 67.9 Å². The maximum absolute atomic E-state index is 14.0. The quantitative estimate of drug-likeness (QED) is 0.212. The van der Waals surface area contributed by atoms with Crippen LogP contribution in [0.25, 0.3) is 11.3 Å². The molecule has 354 valence electrons. The van der Waals surface area contributed by atoms with E-state index in [-0.39, 0.29) is 18.8 Å². The molecular weight excluding hydrogens is 837 g/mol. The third kappa shape index (κ3) is 12.9. The molecule has 5 heterocycles. The van der Waals surface area contributed by atoms with Gasteiger partial charge in [-0.1, -0.05) is 43.7 Å². The van der Waals surface area contributed by atoms with Crippen LogP contribution in [0.1, 0.15) is 67.2 Å². The third-order valence-corrected chi connectivity index (χ3v) is 13.5. The standard InChI is InChI=1S/C45H70N4O13S/c1-11-35-31(22-58-45-43(57-10)42(56-9)39(54)28(6)60-45)18-24(2)12-13-33(50)25(3)19-29(14-16-49-21-32(46-47-49)30-15-17-63-23-30)41(26(4)34(51)20-36(52)61-35)62-44-40(55)37(48(7)8)38(53)27(5)59-44/h12-13,15,17-18,21,23,25-29,31,34-35,37-45,51,53-55H,11,14,16,19-20,22H2,1-10H3/b13-12+,24-18+/t25-,26+,27-,28?,29+,31-,34-,35-,37?,38-,39-,40?,41-,42+,43?,44+,45-/m1/s1. The Morgan fingerprint density at radius 3 is 2.29 bits per heavy atom. The molecule has 4 unspecified atom stereocenters. The molecule has 2 saturated heterocycles. The van der Waals surface area contributed by atoms with Crippen LogP contribution in [0.5, 0.6) is 0 Å². The summed E-state index contributed by atoms with van der Waals surface area (Å²) in [5.74, 6) is -2.99. The number of aliphatic hydroxyl groups is 4. The lowest BCUT2D eigenvalue weighted by Gasteiger charge is -2.46. The number of esters is 1. The zero-order valence-electron chi connectivity index (χ0n) is 38.3. The smallest absolute Gasteiger partial charge is 0.308 e. The van der Waals surface area contributed by atoms with Crippen molar-refractivity contribution in [2.75, 3.05) is 34.9 Å². The fourth-order valence-electron chi connectivity index (χ4n) is 8.94. The number of hydrogen-bond donors (Lipinski definition) is 4. The second-order valence-corrected chi connectivity index (χ2v) is 18.4. The molecule has 0 amide bonds. The summed E-state index contributed by atoms with van der Waals surface area (Å²) in [6.45, 7) is 11.2. The lowest BCUT2D eigenvalue weighted by molar-refractivity contribution is -0.304. The summed E-state index contributed by atoms with van der Waals surface area (Å²) in [5.41, 5.74) is 2.40. The van der Waals surface area contributed by atoms with Gasteiger partial charge in [-0.2, -0.15) is 11.3 Å². The number of allylic oxidation sites excluding steroid dienone is 3. The molecule has 0 bridgehead atoms. The van der Waals surface area contributed by atoms with Gasteiger partial charge >= 0.3 is 5.97 Å². The summed E-state index contributed by atoms with van der Waals surface area (Å²) >= 11 is 1.56. The van der Waals surface area contributed by atoms with E-state index in [0.717, 1.165) is 16.8 Å². The van der Waals surface area contributed by atoms with Crippen molar-refractivity contribution in [3.05, 3.63) is 46.8 Å². The number of nitrogens with zero attached hydrogens (tertiary/aromatic N) is 4. The average Bonchev–Trinajstić information content (AvgIpc) is 3.96. The van der Waals surface area contributed by atoms with Crippen LogP contribution in [0, 0.1) is 23.7 Å². The van der Waals surface area contributed by atoms with Gasteiger partial charge in [-0.05, 0) is 77.6 Å². The van der Waals surface area contributed by atoms with Crippen LogP contribution in [0.4, 0.5) is 0 Å². The number of aryl methyl sites for hydroxylation is 1. The van der Waals surface area contributed by atoms with Gasteiger partial charge in [0.05, 0.1) is 55.8 Å². The normalized spacial score (nSPS) is 39.2. The highest BCUT2D eigenvalue weighted by Gasteiger charge is 2.48. The number of aromatic nitrogens is 3. The van der Waals surface area contributed by atoms with E-state index in [1.165, 1.54) is 14.2 Å². The van der Waals surface area contributed by atoms with E-state index >= 15 is 0 Å². The number of rotatable bonds is 13. The minimum Gasteiger partial charge on any atom is -0.462 e. The van der Waals surface area contributed by atoms with Gasteiger partial charge in [-0.15, -0.1) is 5.10 Å². The fraction of sp³-hybridized carbons (Fsp3) is 0.733. The number of carbonyl (C=O) groups is 2. The van der Waals surface area contributed by atoms with E-state index in [9.17, 15) is 30.0 Å². The molecule has 0 radical (unpaired) electrons. The van der Waals surface area contributed by atoms with Gasteiger partial charge in [-0.3, -0.25) is 14.3 Å². The molecule has 2 aromatic rings. The van der Waals surface area contributed by atoms with Crippen molar-refractivity contribution in [1.82, 2.24) is 19.9 Å². The van der Waals surface area contributed by atoms with Crippen molar-refractivity contribution in [2.24, 2.45) is 23.7 Å². The molecule has 4 N–H and O–H groups in total. The van der Waals surface area contributed by atoms with Crippen LogP contribution in [0.3, 0.4) is 0 Å². The highest BCUT2D eigenvalue weighted by Crippen LogP contribution is 2.35. The molecule has 5 rings (SSSR count). The molecule has 2 fully saturated rings. The lowest BCUT2D eigenvalue weighted by atomic mass is 9.79. The maximum Gasteiger partial charge on any atom is 0.308 e. The van der Waals surface area contributed by atoms with Crippen LogP contribution in [-0.4, -0.2) is 167 Å². The van der Waals surface area contributed by atoms with Crippen LogP contribution < -0.4 is 0 Å². The van der Waals surface area contributed by atoms with Crippen molar-refractivity contribution in [1.29, 1.82) is 0 Å². The molecule has 63 heavy (non-hydrogen) atoms. The van der Waals surface area contributed by atoms with Crippen LogP contribution in [0.2, 0.25) is 0 Å². The first kappa shape index (κ1) is 51.0. The molecule has 0 aliphatic carbocycles. The monoisotopic (exact) mass is 906 g/mol. The predicted octanol–water partition coefficient (Wildman–Crippen LogP) is 3.38. The summed E-state index contributed by atoms with van der Waals surface area (Å²) in [4.78, 5) is 29.6. The molecule has 0 spiro atoms. The van der Waals surface area contributed by atoms with Gasteiger partial charge in [0.1, 0.15) is 36.2 Å². The summed E-state index contributed by atoms with van der Waals surface area (Å²) in [6, 6.07) is 1.24. The highest BCUT2D eigenvalue weighted by molar-refractivity contribution is 7.08. The Labute approximate surface area is 375 Å². The van der Waals surface area contributed by atoms with Gasteiger partial charge in [0, 0.05) is 49.5 Å². The van der Waals surface area contributed by atoms with E-state index in [0.29, 0.717) is 25.8 Å². The summed E-state index contributed by atoms with van der Waals surface area (Å²) < 4.78 is 44.2. The van der Waals surface area contributed by atoms with E-state index in [1.807, 2.05) is 49.9 Å². The van der Waals surface area contributed by atoms with Crippen LogP contribution >= 0.6 is 11.3 Å². The Morgan fingerprint density at radius 2 is 1.63 bits per heavy atom. The summed E-state index contributed by atoms with van der Waals surface area (Å²) in [5, 5.41) is 57.9. The van der Waals surface area contributed by atoms with Crippen LogP contribution in [-0.2, 0) is 49.3 Å². The topological polar surface area (TPSA) is 214 Å². The van der Waals surface area contributed by atoms with Crippen LogP contribution in [0.15, 0.2) is 46.8 Å². The molecule has 17 atom stereocenters. The Bertz CT molecular complexity index is 1790. The zero-order valence-corrected chi connectivity index (χ0v) is 39.1. The molecule has 0 aromatic carbocycles. The number of hydrogen-bond acceptors (Lipinski definition) is 17. The number of carbonyl (C=O) groups excluding carboxylic acids is 2. The van der Waals surface area contributed by atoms with Crippen molar-refractivity contribution >= 4 is 23.1 Å². The number of cyclic esters (lactones) is 1.